The molecule has 0 aliphatic heterocycles. The molecule has 0 radical (unpaired) electrons. The molecule has 0 aliphatic rings. The molecule has 0 heterocycles. The van der Waals surface area contributed by atoms with Crippen LogP contribution in [0.1, 0.15) is 13.8 Å². The molecule has 0 aliphatic carbocycles. The van der Waals surface area contributed by atoms with Crippen molar-refractivity contribution in [1.82, 2.24) is 4.31 Å². The van der Waals surface area contributed by atoms with Crippen LogP contribution in [-0.4, -0.2) is 46.7 Å². The van der Waals surface area contributed by atoms with Crippen LogP contribution in [0.4, 0.5) is 11.4 Å². The summed E-state index contributed by atoms with van der Waals surface area (Å²) in [6.07, 6.45) is 0. The molecule has 0 bridgehead atoms. The fraction of sp³-hybridized carbons (Fsp3) is 0.208. The molecule has 8 nitrogen and oxygen atoms in total. The highest BCUT2D eigenvalue weighted by atomic mass is 32.2. The van der Waals surface area contributed by atoms with E-state index in [-0.39, 0.29) is 9.79 Å². The fourth-order valence-electron chi connectivity index (χ4n) is 3.38. The first kappa shape index (κ1) is 25.4. The Hall–Kier alpha value is -3.21. The highest BCUT2D eigenvalue weighted by molar-refractivity contribution is 7.92. The van der Waals surface area contributed by atoms with Crippen molar-refractivity contribution in [3.63, 3.8) is 0 Å². The van der Waals surface area contributed by atoms with Crippen molar-refractivity contribution in [2.45, 2.75) is 23.6 Å². The van der Waals surface area contributed by atoms with Crippen molar-refractivity contribution in [3.05, 3.63) is 84.9 Å². The molecule has 0 aromatic heterocycles. The van der Waals surface area contributed by atoms with Gasteiger partial charge < -0.3 is 5.32 Å². The van der Waals surface area contributed by atoms with Crippen LogP contribution in [0.25, 0.3) is 0 Å². The average Bonchev–Trinajstić information content (AvgIpc) is 2.84. The van der Waals surface area contributed by atoms with Gasteiger partial charge in [-0.2, -0.15) is 4.31 Å². The van der Waals surface area contributed by atoms with E-state index in [2.05, 4.69) is 5.32 Å². The number of benzene rings is 3. The van der Waals surface area contributed by atoms with Crippen molar-refractivity contribution < 1.29 is 21.6 Å². The summed E-state index contributed by atoms with van der Waals surface area (Å²) in [5, 5.41) is 2.65. The van der Waals surface area contributed by atoms with Crippen LogP contribution >= 0.6 is 0 Å². The first-order valence-corrected chi connectivity index (χ1v) is 13.6. The van der Waals surface area contributed by atoms with E-state index in [0.717, 1.165) is 4.31 Å². The second-order valence-electron chi connectivity index (χ2n) is 7.32. The van der Waals surface area contributed by atoms with Crippen molar-refractivity contribution >= 4 is 37.3 Å². The number of amides is 1. The number of nitrogens with one attached hydrogen (secondary N) is 1. The molecule has 1 N–H and O–H groups in total. The van der Waals surface area contributed by atoms with E-state index in [1.807, 2.05) is 0 Å². The Bertz CT molecular complexity index is 1310. The lowest BCUT2D eigenvalue weighted by molar-refractivity contribution is -0.114. The minimum atomic E-state index is -4.00. The zero-order valence-corrected chi connectivity index (χ0v) is 20.6. The van der Waals surface area contributed by atoms with Crippen molar-refractivity contribution in [2.24, 2.45) is 0 Å². The normalized spacial score (nSPS) is 11.9. The number of carbonyl (C=O) groups is 1. The molecule has 3 aromatic rings. The third-order valence-corrected chi connectivity index (χ3v) is 9.00. The van der Waals surface area contributed by atoms with Crippen molar-refractivity contribution in [3.8, 4) is 0 Å². The standard InChI is InChI=1S/C24H27N3O5S2/c1-3-26(4-2)33(29,30)23-17-15-20(16-18-23)25-24(28)19-27(21-11-7-5-8-12-21)34(31,32)22-13-9-6-10-14-22/h5-18H,3-4,19H2,1-2H3,(H,25,28). The van der Waals surface area contributed by atoms with Gasteiger partial charge in [-0.25, -0.2) is 16.8 Å². The van der Waals surface area contributed by atoms with Gasteiger partial charge in [-0.1, -0.05) is 50.2 Å². The number of anilines is 2. The van der Waals surface area contributed by atoms with E-state index in [1.165, 1.54) is 40.7 Å². The SMILES string of the molecule is CCN(CC)S(=O)(=O)c1ccc(NC(=O)CN(c2ccccc2)S(=O)(=O)c2ccccc2)cc1. The van der Waals surface area contributed by atoms with Gasteiger partial charge in [-0.15, -0.1) is 0 Å². The van der Waals surface area contributed by atoms with Gasteiger partial charge in [0.2, 0.25) is 15.9 Å². The van der Waals surface area contributed by atoms with E-state index in [1.54, 1.807) is 62.4 Å². The fourth-order valence-corrected chi connectivity index (χ4v) is 6.28. The van der Waals surface area contributed by atoms with Gasteiger partial charge in [0.25, 0.3) is 10.0 Å². The maximum Gasteiger partial charge on any atom is 0.264 e. The predicted octanol–water partition coefficient (Wildman–Crippen LogP) is 3.55. The summed E-state index contributed by atoms with van der Waals surface area (Å²) in [4.78, 5) is 13.0. The number of hydrogen-bond acceptors (Lipinski definition) is 5. The zero-order valence-electron chi connectivity index (χ0n) is 19.0. The molecule has 180 valence electrons. The predicted molar refractivity (Wildman–Crippen MR) is 133 cm³/mol. The van der Waals surface area contributed by atoms with Crippen LogP contribution in [0.5, 0.6) is 0 Å². The summed E-state index contributed by atoms with van der Waals surface area (Å²) in [7, 11) is -7.61. The van der Waals surface area contributed by atoms with Crippen molar-refractivity contribution in [2.75, 3.05) is 29.3 Å². The molecule has 0 saturated heterocycles. The summed E-state index contributed by atoms with van der Waals surface area (Å²) in [6.45, 7) is 3.76. The minimum Gasteiger partial charge on any atom is -0.325 e. The summed E-state index contributed by atoms with van der Waals surface area (Å²) < 4.78 is 54.2. The van der Waals surface area contributed by atoms with Crippen LogP contribution in [0.15, 0.2) is 94.7 Å². The topological polar surface area (TPSA) is 104 Å². The first-order chi connectivity index (χ1) is 16.2. The summed E-state index contributed by atoms with van der Waals surface area (Å²) in [6, 6.07) is 22.0. The van der Waals surface area contributed by atoms with Gasteiger partial charge in [0, 0.05) is 18.8 Å². The van der Waals surface area contributed by atoms with Crippen LogP contribution < -0.4 is 9.62 Å². The van der Waals surface area contributed by atoms with Crippen LogP contribution in [-0.2, 0) is 24.8 Å². The summed E-state index contributed by atoms with van der Waals surface area (Å²) >= 11 is 0. The molecular formula is C24H27N3O5S2. The van der Waals surface area contributed by atoms with E-state index in [4.69, 9.17) is 0 Å². The van der Waals surface area contributed by atoms with Gasteiger partial charge in [0.05, 0.1) is 15.5 Å². The Kier molecular flexibility index (Phi) is 8.08. The molecule has 10 heteroatoms. The Morgan fingerprint density at radius 3 is 1.74 bits per heavy atom. The number of sulfonamides is 2. The smallest absolute Gasteiger partial charge is 0.264 e. The number of carbonyl (C=O) groups excluding carboxylic acids is 1. The summed E-state index contributed by atoms with van der Waals surface area (Å²) in [5.41, 5.74) is 0.704. The Morgan fingerprint density at radius 2 is 1.21 bits per heavy atom. The van der Waals surface area contributed by atoms with Gasteiger partial charge in [0.15, 0.2) is 0 Å². The van der Waals surface area contributed by atoms with E-state index >= 15 is 0 Å². The molecule has 0 saturated carbocycles. The number of rotatable bonds is 10. The molecule has 0 fully saturated rings. The van der Waals surface area contributed by atoms with Gasteiger partial charge >= 0.3 is 0 Å². The van der Waals surface area contributed by atoms with E-state index < -0.39 is 32.5 Å². The largest absolute Gasteiger partial charge is 0.325 e. The number of para-hydroxylation sites is 1. The third-order valence-electron chi connectivity index (χ3n) is 5.14. The molecule has 3 aromatic carbocycles. The van der Waals surface area contributed by atoms with E-state index in [0.29, 0.717) is 24.5 Å². The van der Waals surface area contributed by atoms with Gasteiger partial charge in [0.1, 0.15) is 6.54 Å². The Morgan fingerprint density at radius 1 is 0.706 bits per heavy atom. The Labute approximate surface area is 200 Å². The lowest BCUT2D eigenvalue weighted by Gasteiger charge is -2.24. The Balaban J connectivity index is 1.82. The third kappa shape index (κ3) is 5.64. The van der Waals surface area contributed by atoms with Crippen LogP contribution in [0, 0.1) is 0 Å². The molecule has 0 spiro atoms. The summed E-state index contributed by atoms with van der Waals surface area (Å²) in [5.74, 6) is -0.567. The first-order valence-electron chi connectivity index (χ1n) is 10.7. The zero-order chi connectivity index (χ0) is 24.8. The molecular weight excluding hydrogens is 474 g/mol. The molecule has 34 heavy (non-hydrogen) atoms. The van der Waals surface area contributed by atoms with Gasteiger partial charge in [-0.3, -0.25) is 9.10 Å². The highest BCUT2D eigenvalue weighted by Gasteiger charge is 2.27. The second kappa shape index (κ2) is 10.8. The molecule has 0 atom stereocenters. The van der Waals surface area contributed by atoms with Crippen LogP contribution in [0.2, 0.25) is 0 Å². The highest BCUT2D eigenvalue weighted by Crippen LogP contribution is 2.24. The lowest BCUT2D eigenvalue weighted by atomic mass is 10.3. The molecule has 3 rings (SSSR count). The van der Waals surface area contributed by atoms with Crippen molar-refractivity contribution in [1.29, 1.82) is 0 Å². The number of nitrogens with zero attached hydrogens (tertiary/aromatic N) is 2. The van der Waals surface area contributed by atoms with Crippen LogP contribution in [0.3, 0.4) is 0 Å². The molecule has 1 amide bonds. The lowest BCUT2D eigenvalue weighted by Crippen LogP contribution is -2.38. The second-order valence-corrected chi connectivity index (χ2v) is 11.1. The minimum absolute atomic E-state index is 0.0672. The molecule has 0 unspecified atom stereocenters. The number of hydrogen-bond donors (Lipinski definition) is 1. The quantitative estimate of drug-likeness (QED) is 0.458. The maximum atomic E-state index is 13.3. The average molecular weight is 502 g/mol. The van der Waals surface area contributed by atoms with Gasteiger partial charge in [-0.05, 0) is 48.5 Å². The maximum absolute atomic E-state index is 13.3. The monoisotopic (exact) mass is 501 g/mol. The van der Waals surface area contributed by atoms with E-state index in [9.17, 15) is 21.6 Å².